The highest BCUT2D eigenvalue weighted by Gasteiger charge is 2.25. The van der Waals surface area contributed by atoms with Crippen molar-refractivity contribution in [3.05, 3.63) is 29.3 Å². The number of hydrogen-bond acceptors (Lipinski definition) is 6. The number of nitrogens with zero attached hydrogens (tertiary/aromatic N) is 2. The Kier molecular flexibility index (Phi) is 7.73. The minimum Gasteiger partial charge on any atom is -0.454 e. The average Bonchev–Trinajstić information content (AvgIpc) is 3.31. The zero-order chi connectivity index (χ0) is 17.2. The second-order valence-electron chi connectivity index (χ2n) is 6.40. The molecule has 0 unspecified atom stereocenters. The summed E-state index contributed by atoms with van der Waals surface area (Å²) in [6, 6.07) is 5.75. The number of ether oxygens (including phenoxy) is 2. The third-order valence-electron chi connectivity index (χ3n) is 4.74. The summed E-state index contributed by atoms with van der Waals surface area (Å²) < 4.78 is 10.7. The van der Waals surface area contributed by atoms with Crippen LogP contribution in [0.5, 0.6) is 11.5 Å². The molecule has 0 aliphatic carbocycles. The van der Waals surface area contributed by atoms with Crippen molar-refractivity contribution in [2.24, 2.45) is 5.92 Å². The molecule has 0 spiro atoms. The highest BCUT2D eigenvalue weighted by atomic mass is 35.5. The third-order valence-corrected chi connectivity index (χ3v) is 5.63. The lowest BCUT2D eigenvalue weighted by molar-refractivity contribution is 0.0686. The maximum Gasteiger partial charge on any atom is 0.273 e. The van der Waals surface area contributed by atoms with Gasteiger partial charge in [0.15, 0.2) is 11.5 Å². The van der Waals surface area contributed by atoms with Gasteiger partial charge in [-0.05, 0) is 50.6 Å². The fourth-order valence-corrected chi connectivity index (χ4v) is 4.12. The molecule has 1 amide bonds. The molecule has 6 nitrogen and oxygen atoms in total. The van der Waals surface area contributed by atoms with Crippen LogP contribution in [-0.4, -0.2) is 49.3 Å². The van der Waals surface area contributed by atoms with Crippen molar-refractivity contribution in [1.29, 1.82) is 0 Å². The van der Waals surface area contributed by atoms with Crippen molar-refractivity contribution in [1.82, 2.24) is 15.2 Å². The normalized spacial score (nSPS) is 15.8. The number of piperidine rings is 1. The Morgan fingerprint density at radius 2 is 2.00 bits per heavy atom. The average molecular weight is 432 g/mol. The van der Waals surface area contributed by atoms with Gasteiger partial charge in [-0.3, -0.25) is 4.79 Å². The predicted octanol–water partition coefficient (Wildman–Crippen LogP) is 3.45. The summed E-state index contributed by atoms with van der Waals surface area (Å²) in [5, 5.41) is 5.89. The van der Waals surface area contributed by atoms with Crippen molar-refractivity contribution in [2.45, 2.75) is 12.8 Å². The molecule has 1 aromatic heterocycles. The van der Waals surface area contributed by atoms with Gasteiger partial charge in [-0.1, -0.05) is 0 Å². The van der Waals surface area contributed by atoms with Gasteiger partial charge in [0.05, 0.1) is 0 Å². The number of carbonyl (C=O) groups is 1. The molecule has 27 heavy (non-hydrogen) atoms. The van der Waals surface area contributed by atoms with Gasteiger partial charge in [-0.25, -0.2) is 4.98 Å². The van der Waals surface area contributed by atoms with Gasteiger partial charge in [-0.15, -0.1) is 36.2 Å². The summed E-state index contributed by atoms with van der Waals surface area (Å²) >= 11 is 1.48. The number of halogens is 2. The van der Waals surface area contributed by atoms with E-state index >= 15 is 0 Å². The number of benzene rings is 1. The quantitative estimate of drug-likeness (QED) is 0.802. The van der Waals surface area contributed by atoms with E-state index in [1.165, 1.54) is 11.3 Å². The molecule has 2 aliphatic rings. The molecule has 2 aliphatic heterocycles. The van der Waals surface area contributed by atoms with Crippen LogP contribution in [-0.2, 0) is 0 Å². The lowest BCUT2D eigenvalue weighted by Gasteiger charge is -2.31. The van der Waals surface area contributed by atoms with Crippen LogP contribution in [0.1, 0.15) is 23.3 Å². The van der Waals surface area contributed by atoms with Crippen LogP contribution >= 0.6 is 36.2 Å². The van der Waals surface area contributed by atoms with Crippen LogP contribution in [0.3, 0.4) is 0 Å². The van der Waals surface area contributed by atoms with Crippen LogP contribution in [0.15, 0.2) is 23.6 Å². The van der Waals surface area contributed by atoms with E-state index in [2.05, 4.69) is 10.3 Å². The number of rotatable bonds is 4. The highest BCUT2D eigenvalue weighted by Crippen LogP contribution is 2.36. The van der Waals surface area contributed by atoms with Gasteiger partial charge in [0.25, 0.3) is 5.91 Å². The molecule has 3 heterocycles. The minimum absolute atomic E-state index is 0. The molecule has 0 atom stereocenters. The molecule has 0 bridgehead atoms. The summed E-state index contributed by atoms with van der Waals surface area (Å²) in [4.78, 5) is 19.2. The first-order valence-corrected chi connectivity index (χ1v) is 9.42. The molecule has 1 fully saturated rings. The monoisotopic (exact) mass is 431 g/mol. The molecule has 1 saturated heterocycles. The topological polar surface area (TPSA) is 63.7 Å². The third kappa shape index (κ3) is 4.66. The molecular formula is C18H23Cl2N3O3S. The van der Waals surface area contributed by atoms with E-state index in [-0.39, 0.29) is 37.5 Å². The van der Waals surface area contributed by atoms with E-state index < -0.39 is 0 Å². The fraction of sp³-hybridized carbons (Fsp3) is 0.444. The minimum atomic E-state index is 0. The standard InChI is InChI=1S/C18H21N3O3S.2ClH/c1-19-9-12-4-6-21(7-5-12)18(22)14-10-25-17(20-14)13-2-3-15-16(8-13)24-11-23-15;;/h2-3,8,10,12,19H,4-7,9,11H2,1H3;2*1H. The molecule has 9 heteroatoms. The van der Waals surface area contributed by atoms with Crippen molar-refractivity contribution >= 4 is 42.1 Å². The summed E-state index contributed by atoms with van der Waals surface area (Å²) in [6.45, 7) is 2.89. The summed E-state index contributed by atoms with van der Waals surface area (Å²) in [6.07, 6.45) is 2.09. The molecule has 148 valence electrons. The van der Waals surface area contributed by atoms with Crippen LogP contribution in [0.4, 0.5) is 0 Å². The lowest BCUT2D eigenvalue weighted by Crippen LogP contribution is -2.40. The number of likely N-dealkylation sites (tertiary alicyclic amines) is 1. The summed E-state index contributed by atoms with van der Waals surface area (Å²) in [7, 11) is 1.98. The van der Waals surface area contributed by atoms with Crippen LogP contribution in [0.25, 0.3) is 10.6 Å². The molecule has 0 radical (unpaired) electrons. The maximum atomic E-state index is 12.7. The predicted molar refractivity (Wildman–Crippen MR) is 111 cm³/mol. The van der Waals surface area contributed by atoms with Crippen LogP contribution in [0.2, 0.25) is 0 Å². The Balaban J connectivity index is 0.00000131. The smallest absolute Gasteiger partial charge is 0.273 e. The molecule has 1 aromatic carbocycles. The number of amides is 1. The molecule has 2 aromatic rings. The van der Waals surface area contributed by atoms with E-state index in [0.29, 0.717) is 11.6 Å². The van der Waals surface area contributed by atoms with Crippen molar-refractivity contribution < 1.29 is 14.3 Å². The lowest BCUT2D eigenvalue weighted by atomic mass is 9.97. The van der Waals surface area contributed by atoms with Gasteiger partial charge < -0.3 is 19.7 Å². The van der Waals surface area contributed by atoms with Gasteiger partial charge in [0.2, 0.25) is 6.79 Å². The van der Waals surface area contributed by atoms with Crippen molar-refractivity contribution in [3.63, 3.8) is 0 Å². The Labute approximate surface area is 175 Å². The summed E-state index contributed by atoms with van der Waals surface area (Å²) in [5.74, 6) is 2.17. The zero-order valence-electron chi connectivity index (χ0n) is 15.0. The van der Waals surface area contributed by atoms with Crippen LogP contribution < -0.4 is 14.8 Å². The van der Waals surface area contributed by atoms with Gasteiger partial charge in [-0.2, -0.15) is 0 Å². The fourth-order valence-electron chi connectivity index (χ4n) is 3.32. The van der Waals surface area contributed by atoms with Crippen LogP contribution in [0, 0.1) is 5.92 Å². The molecule has 0 saturated carbocycles. The Morgan fingerprint density at radius 1 is 1.26 bits per heavy atom. The Hall–Kier alpha value is -1.54. The van der Waals surface area contributed by atoms with E-state index in [9.17, 15) is 4.79 Å². The maximum absolute atomic E-state index is 12.7. The zero-order valence-corrected chi connectivity index (χ0v) is 17.4. The van der Waals surface area contributed by atoms with E-state index in [1.54, 1.807) is 0 Å². The first kappa shape index (κ1) is 21.8. The Bertz CT molecular complexity index is 779. The van der Waals surface area contributed by atoms with Crippen molar-refractivity contribution in [3.8, 4) is 22.1 Å². The first-order valence-electron chi connectivity index (χ1n) is 8.54. The van der Waals surface area contributed by atoms with E-state index in [4.69, 9.17) is 9.47 Å². The second kappa shape index (κ2) is 9.59. The molecule has 4 rings (SSSR count). The first-order chi connectivity index (χ1) is 12.2. The van der Waals surface area contributed by atoms with E-state index in [0.717, 1.165) is 54.5 Å². The van der Waals surface area contributed by atoms with Gasteiger partial charge >= 0.3 is 0 Å². The second-order valence-corrected chi connectivity index (χ2v) is 7.26. The molecular weight excluding hydrogens is 409 g/mol. The van der Waals surface area contributed by atoms with Crippen molar-refractivity contribution in [2.75, 3.05) is 33.5 Å². The number of hydrogen-bond donors (Lipinski definition) is 1. The molecule has 1 N–H and O–H groups in total. The van der Waals surface area contributed by atoms with E-state index in [1.807, 2.05) is 35.5 Å². The SMILES string of the molecule is CNCC1CCN(C(=O)c2csc(-c3ccc4c(c3)OCO4)n2)CC1.Cl.Cl. The Morgan fingerprint density at radius 3 is 2.74 bits per heavy atom. The highest BCUT2D eigenvalue weighted by molar-refractivity contribution is 7.13. The summed E-state index contributed by atoms with van der Waals surface area (Å²) in [5.41, 5.74) is 1.48. The van der Waals surface area contributed by atoms with Gasteiger partial charge in [0, 0.05) is 24.0 Å². The number of nitrogens with one attached hydrogen (secondary N) is 1. The van der Waals surface area contributed by atoms with Gasteiger partial charge in [0.1, 0.15) is 10.7 Å². The number of aromatic nitrogens is 1. The number of thiazole rings is 1. The number of carbonyl (C=O) groups excluding carboxylic acids is 1. The largest absolute Gasteiger partial charge is 0.454 e. The number of fused-ring (bicyclic) bond motifs is 1.